The average Bonchev–Trinajstić information content (AvgIpc) is 3.26. The number of carbonyl (C=O) groups excluding carboxylic acids is 1. The number of benzene rings is 3. The molecule has 3 aromatic carbocycles. The number of carbonyl (C=O) groups is 1. The molecule has 0 aliphatic rings. The second-order valence-electron chi connectivity index (χ2n) is 7.40. The first kappa shape index (κ1) is 25.9. The molecule has 7 nitrogen and oxygen atoms in total. The molecule has 1 N–H and O–H groups in total. The number of amides is 1. The highest BCUT2D eigenvalue weighted by Gasteiger charge is 2.25. The molecule has 13 heteroatoms. The molecule has 0 fully saturated rings. The van der Waals surface area contributed by atoms with E-state index in [0.717, 1.165) is 21.6 Å². The Morgan fingerprint density at radius 2 is 1.75 bits per heavy atom. The molecule has 1 heterocycles. The van der Waals surface area contributed by atoms with Crippen molar-refractivity contribution in [3.63, 3.8) is 0 Å². The van der Waals surface area contributed by atoms with Crippen molar-refractivity contribution in [3.05, 3.63) is 105 Å². The summed E-state index contributed by atoms with van der Waals surface area (Å²) in [5, 5.41) is 2.35. The van der Waals surface area contributed by atoms with Crippen LogP contribution >= 0.6 is 27.7 Å². The Morgan fingerprint density at radius 3 is 2.42 bits per heavy atom. The number of anilines is 2. The topological polar surface area (TPSA) is 98.2 Å². The molecule has 4 aromatic rings. The summed E-state index contributed by atoms with van der Waals surface area (Å²) in [5.74, 6) is -4.22. The second-order valence-corrected chi connectivity index (χ2v) is 9.64. The Bertz CT molecular complexity index is 1420. The van der Waals surface area contributed by atoms with Crippen LogP contribution in [0.3, 0.4) is 0 Å². The largest absolute Gasteiger partial charge is 0.755 e. The van der Waals surface area contributed by atoms with Crippen LogP contribution in [0.4, 0.5) is 24.7 Å². The Labute approximate surface area is 218 Å². The number of nitrogens with one attached hydrogen (secondary N) is 1. The van der Waals surface area contributed by atoms with Crippen molar-refractivity contribution in [2.45, 2.75) is 13.0 Å². The highest BCUT2D eigenvalue weighted by Crippen LogP contribution is 2.34. The summed E-state index contributed by atoms with van der Waals surface area (Å²) >= 11 is 1.18. The quantitative estimate of drug-likeness (QED) is 0.283. The molecule has 1 unspecified atom stereocenters. The number of hydrogen-bond acceptors (Lipinski definition) is 6. The van der Waals surface area contributed by atoms with Crippen LogP contribution in [0.2, 0.25) is 0 Å². The van der Waals surface area contributed by atoms with E-state index in [-0.39, 0.29) is 17.1 Å². The summed E-state index contributed by atoms with van der Waals surface area (Å²) in [5.41, 5.74) is 0.540. The Morgan fingerprint density at radius 1 is 1.06 bits per heavy atom. The lowest BCUT2D eigenvalue weighted by Gasteiger charge is -2.27. The molecule has 4 rings (SSSR count). The molecule has 0 bridgehead atoms. The van der Waals surface area contributed by atoms with Crippen LogP contribution in [0.15, 0.2) is 65.1 Å². The third kappa shape index (κ3) is 5.81. The maximum atomic E-state index is 14.0. The number of halogens is 4. The van der Waals surface area contributed by atoms with E-state index < -0.39 is 46.7 Å². The Hall–Kier alpha value is -3.13. The van der Waals surface area contributed by atoms with Gasteiger partial charge in [-0.1, -0.05) is 46.3 Å². The van der Waals surface area contributed by atoms with Gasteiger partial charge in [-0.2, -0.15) is 8.75 Å². The molecule has 0 radical (unpaired) electrons. The molecule has 36 heavy (non-hydrogen) atoms. The minimum absolute atomic E-state index is 0.0139. The molecule has 186 valence electrons. The lowest BCUT2D eigenvalue weighted by Crippen LogP contribution is -2.28. The van der Waals surface area contributed by atoms with Gasteiger partial charge in [0.05, 0.1) is 34.2 Å². The summed E-state index contributed by atoms with van der Waals surface area (Å²) in [6.07, 6.45) is 0.291. The van der Waals surface area contributed by atoms with Crippen molar-refractivity contribution in [2.24, 2.45) is 0 Å². The van der Waals surface area contributed by atoms with Crippen LogP contribution in [-0.2, 0) is 24.2 Å². The Kier molecular flexibility index (Phi) is 8.14. The fraction of sp³-hybridized carbons (Fsp3) is 0.0870. The van der Waals surface area contributed by atoms with E-state index >= 15 is 0 Å². The number of hydrogen-bond donors (Lipinski definition) is 1. The average molecular weight is 596 g/mol. The maximum Gasteiger partial charge on any atom is 0.253 e. The van der Waals surface area contributed by atoms with Crippen LogP contribution in [0, 0.1) is 17.5 Å². The van der Waals surface area contributed by atoms with Crippen LogP contribution in [0.1, 0.15) is 27.2 Å². The Balaban J connectivity index is 1.68. The molecule has 1 amide bonds. The van der Waals surface area contributed by atoms with Crippen molar-refractivity contribution in [3.8, 4) is 0 Å². The van der Waals surface area contributed by atoms with E-state index in [2.05, 4.69) is 30.0 Å². The van der Waals surface area contributed by atoms with Crippen molar-refractivity contribution < 1.29 is 26.7 Å². The van der Waals surface area contributed by atoms with Gasteiger partial charge in [0.25, 0.3) is 5.91 Å². The normalized spacial score (nSPS) is 11.8. The maximum absolute atomic E-state index is 14.0. The molecule has 0 aliphatic heterocycles. The predicted molar refractivity (Wildman–Crippen MR) is 132 cm³/mol. The van der Waals surface area contributed by atoms with Crippen molar-refractivity contribution in [2.75, 3.05) is 4.31 Å². The number of nitrogens with zero attached hydrogens (tertiary/aromatic N) is 3. The van der Waals surface area contributed by atoms with Gasteiger partial charge in [-0.25, -0.2) is 13.2 Å². The lowest BCUT2D eigenvalue weighted by molar-refractivity contribution is 0.0951. The van der Waals surface area contributed by atoms with E-state index in [1.165, 1.54) is 18.2 Å². The highest BCUT2D eigenvalue weighted by atomic mass is 79.9. The minimum Gasteiger partial charge on any atom is -0.755 e. The summed E-state index contributed by atoms with van der Waals surface area (Å²) in [6, 6.07) is 14.5. The van der Waals surface area contributed by atoms with Crippen LogP contribution in [0.5, 0.6) is 0 Å². The zero-order valence-corrected chi connectivity index (χ0v) is 21.3. The van der Waals surface area contributed by atoms with E-state index in [0.29, 0.717) is 28.7 Å². The summed E-state index contributed by atoms with van der Waals surface area (Å²) in [6.45, 7) is -0.593. The van der Waals surface area contributed by atoms with Gasteiger partial charge in [0, 0.05) is 35.1 Å². The monoisotopic (exact) mass is 595 g/mol. The van der Waals surface area contributed by atoms with Crippen molar-refractivity contribution in [1.82, 2.24) is 14.1 Å². The molecule has 1 atom stereocenters. The first-order valence-corrected chi connectivity index (χ1v) is 12.8. The van der Waals surface area contributed by atoms with Crippen molar-refractivity contribution in [1.29, 1.82) is 0 Å². The minimum atomic E-state index is -2.91. The van der Waals surface area contributed by atoms with Crippen LogP contribution in [0.25, 0.3) is 0 Å². The zero-order valence-electron chi connectivity index (χ0n) is 18.1. The summed E-state index contributed by atoms with van der Waals surface area (Å²) in [7, 11) is 0. The smallest absolute Gasteiger partial charge is 0.253 e. The molecule has 0 saturated carbocycles. The summed E-state index contributed by atoms with van der Waals surface area (Å²) in [4.78, 5) is 13.0. The van der Waals surface area contributed by atoms with E-state index in [1.54, 1.807) is 0 Å². The van der Waals surface area contributed by atoms with Gasteiger partial charge >= 0.3 is 0 Å². The zero-order chi connectivity index (χ0) is 25.8. The van der Waals surface area contributed by atoms with Gasteiger partial charge in [0.1, 0.15) is 23.1 Å². The summed E-state index contributed by atoms with van der Waals surface area (Å²) < 4.78 is 75.6. The lowest BCUT2D eigenvalue weighted by atomic mass is 10.1. The second kappa shape index (κ2) is 11.3. The molecular weight excluding hydrogens is 581 g/mol. The van der Waals surface area contributed by atoms with Crippen LogP contribution < -0.4 is 9.62 Å². The number of rotatable bonds is 8. The highest BCUT2D eigenvalue weighted by molar-refractivity contribution is 9.10. The van der Waals surface area contributed by atoms with E-state index in [9.17, 15) is 26.7 Å². The van der Waals surface area contributed by atoms with Gasteiger partial charge < -0.3 is 9.87 Å². The van der Waals surface area contributed by atoms with Gasteiger partial charge in [0.2, 0.25) is 0 Å². The molecule has 1 aromatic heterocycles. The predicted octanol–water partition coefficient (Wildman–Crippen LogP) is 5.17. The molecular formula is C23H15BrF3N4O3S2-. The van der Waals surface area contributed by atoms with E-state index in [1.807, 2.05) is 30.3 Å². The fourth-order valence-corrected chi connectivity index (χ4v) is 4.94. The van der Waals surface area contributed by atoms with Gasteiger partial charge in [0.15, 0.2) is 5.82 Å². The van der Waals surface area contributed by atoms with Crippen molar-refractivity contribution >= 4 is 56.3 Å². The number of aromatic nitrogens is 2. The fourth-order valence-electron chi connectivity index (χ4n) is 3.39. The molecule has 0 spiro atoms. The SMILES string of the molecule is O=C(NCc1c(F)cc(F)cc1F)c1ccc(Br)cc1N(c1nsnc1Cc1ccccc1)S(=O)[O-]. The molecule has 0 saturated heterocycles. The van der Waals surface area contributed by atoms with E-state index in [4.69, 9.17) is 0 Å². The van der Waals surface area contributed by atoms with Gasteiger partial charge in [-0.15, -0.1) is 0 Å². The van der Waals surface area contributed by atoms with Gasteiger partial charge in [-0.05, 0) is 23.8 Å². The first-order valence-electron chi connectivity index (χ1n) is 10.2. The van der Waals surface area contributed by atoms with Crippen LogP contribution in [-0.4, -0.2) is 23.4 Å². The first-order chi connectivity index (χ1) is 17.2. The standard InChI is InChI=1S/C23H16BrF3N4O3S2/c24-14-6-7-16(23(32)28-12-17-18(26)10-15(25)11-19(17)27)21(9-14)31(36(33)34)22-20(29-35-30-22)8-13-4-2-1-3-5-13/h1-7,9-11H,8,12H2,(H,28,32)(H,33,34)/p-1. The molecule has 0 aliphatic carbocycles. The third-order valence-corrected chi connectivity index (χ3v) is 6.76. The van der Waals surface area contributed by atoms with Gasteiger partial charge in [-0.3, -0.25) is 13.3 Å². The third-order valence-electron chi connectivity index (χ3n) is 5.05.